The molecule has 5 heterocycles. The molecule has 2 unspecified atom stereocenters. The van der Waals surface area contributed by atoms with Crippen molar-refractivity contribution < 1.29 is 31.9 Å². The third kappa shape index (κ3) is 4.85. The molecule has 1 aromatic heterocycles. The van der Waals surface area contributed by atoms with Crippen LogP contribution in [0.3, 0.4) is 0 Å². The number of H-pyrrole nitrogens is 1. The maximum Gasteiger partial charge on any atom is 0.418 e. The number of pyridine rings is 1. The van der Waals surface area contributed by atoms with E-state index in [1.807, 2.05) is 0 Å². The molecule has 4 aliphatic heterocycles. The van der Waals surface area contributed by atoms with E-state index in [1.165, 1.54) is 28.0 Å². The van der Waals surface area contributed by atoms with Gasteiger partial charge in [0.05, 0.1) is 40.1 Å². The Bertz CT molecular complexity index is 1580. The predicted molar refractivity (Wildman–Crippen MR) is 141 cm³/mol. The van der Waals surface area contributed by atoms with Crippen molar-refractivity contribution in [3.05, 3.63) is 73.7 Å². The molecule has 0 saturated carbocycles. The number of hydrogen-bond donors (Lipinski definition) is 2. The molecule has 0 radical (unpaired) electrons. The van der Waals surface area contributed by atoms with Crippen molar-refractivity contribution in [1.82, 2.24) is 15.2 Å². The number of carbonyl (C=O) groups is 2. The SMILES string of the molecule is O=C(N[C@@H]1CCN(c2c(C(=O)N3CC4CC(C3)O4)cc(Br)cc2C(F)(F)F)C1)c1cc(=O)[nH]c2c(F)cccc12. The average Bonchev–Trinajstić information content (AvgIpc) is 3.35. The largest absolute Gasteiger partial charge is 0.418 e. The summed E-state index contributed by atoms with van der Waals surface area (Å²) in [5.41, 5.74) is -2.08. The standard InChI is InChI=1S/C27H23BrF4N4O4/c28-13-6-19(26(39)36-11-15-8-16(12-36)40-15)24(20(7-13)27(30,31)32)35-5-4-14(10-35)33-25(38)18-9-22(37)34-23-17(18)2-1-3-21(23)29/h1-3,6-7,9,14-16H,4-5,8,10-12H2,(H,33,38)(H,34,37)/t14-,15?,16?/m1/s1. The number of benzene rings is 2. The third-order valence-electron chi connectivity index (χ3n) is 7.57. The van der Waals surface area contributed by atoms with Gasteiger partial charge in [-0.05, 0) is 24.6 Å². The molecule has 4 saturated heterocycles. The van der Waals surface area contributed by atoms with Gasteiger partial charge in [0, 0.05) is 54.6 Å². The molecule has 0 aliphatic carbocycles. The minimum absolute atomic E-state index is 0.000573. The first-order valence-corrected chi connectivity index (χ1v) is 13.5. The monoisotopic (exact) mass is 622 g/mol. The third-order valence-corrected chi connectivity index (χ3v) is 8.03. The number of halogens is 5. The number of anilines is 1. The molecule has 3 atom stereocenters. The highest BCUT2D eigenvalue weighted by atomic mass is 79.9. The molecule has 2 bridgehead atoms. The van der Waals surface area contributed by atoms with Crippen molar-refractivity contribution in [3.63, 3.8) is 0 Å². The van der Waals surface area contributed by atoms with Crippen LogP contribution in [0.5, 0.6) is 0 Å². The quantitative estimate of drug-likeness (QED) is 0.428. The van der Waals surface area contributed by atoms with Crippen LogP contribution < -0.4 is 15.8 Å². The van der Waals surface area contributed by atoms with Crippen LogP contribution in [0, 0.1) is 5.82 Å². The van der Waals surface area contributed by atoms with E-state index in [1.54, 1.807) is 0 Å². The second kappa shape index (κ2) is 9.88. The van der Waals surface area contributed by atoms with Crippen molar-refractivity contribution >= 4 is 44.3 Å². The Morgan fingerprint density at radius 1 is 1.07 bits per heavy atom. The van der Waals surface area contributed by atoms with Gasteiger partial charge < -0.3 is 24.8 Å². The van der Waals surface area contributed by atoms with Gasteiger partial charge in [-0.25, -0.2) is 4.39 Å². The van der Waals surface area contributed by atoms with Crippen molar-refractivity contribution in [1.29, 1.82) is 0 Å². The number of hydrogen-bond acceptors (Lipinski definition) is 5. The van der Waals surface area contributed by atoms with Crippen LogP contribution in [0.25, 0.3) is 10.9 Å². The molecular weight excluding hydrogens is 600 g/mol. The number of nitrogens with one attached hydrogen (secondary N) is 2. The summed E-state index contributed by atoms with van der Waals surface area (Å²) in [6.45, 7) is 0.772. The summed E-state index contributed by atoms with van der Waals surface area (Å²) in [6.07, 6.45) is -3.84. The maximum atomic E-state index is 14.3. The van der Waals surface area contributed by atoms with Gasteiger partial charge in [0.25, 0.3) is 11.8 Å². The van der Waals surface area contributed by atoms with E-state index in [-0.39, 0.29) is 57.5 Å². The Balaban J connectivity index is 1.29. The summed E-state index contributed by atoms with van der Waals surface area (Å²) in [4.78, 5) is 44.1. The van der Waals surface area contributed by atoms with Crippen LogP contribution in [-0.2, 0) is 10.9 Å². The molecule has 13 heteroatoms. The Kier molecular flexibility index (Phi) is 6.61. The number of amides is 2. The van der Waals surface area contributed by atoms with Gasteiger partial charge in [-0.2, -0.15) is 13.2 Å². The highest BCUT2D eigenvalue weighted by molar-refractivity contribution is 9.10. The van der Waals surface area contributed by atoms with Crippen LogP contribution in [0.1, 0.15) is 39.1 Å². The van der Waals surface area contributed by atoms with Gasteiger partial charge >= 0.3 is 6.18 Å². The van der Waals surface area contributed by atoms with Gasteiger partial charge in [-0.1, -0.05) is 28.1 Å². The summed E-state index contributed by atoms with van der Waals surface area (Å²) in [5.74, 6) is -1.85. The molecule has 8 nitrogen and oxygen atoms in total. The zero-order valence-electron chi connectivity index (χ0n) is 20.9. The molecule has 4 aliphatic rings. The zero-order chi connectivity index (χ0) is 28.3. The number of morpholine rings is 1. The number of ether oxygens (including phenoxy) is 1. The second-order valence-corrected chi connectivity index (χ2v) is 11.2. The van der Waals surface area contributed by atoms with E-state index < -0.39 is 41.0 Å². The minimum Gasteiger partial charge on any atom is -0.371 e. The normalized spacial score (nSPS) is 22.4. The molecule has 3 aromatic rings. The Morgan fingerprint density at radius 3 is 2.50 bits per heavy atom. The van der Waals surface area contributed by atoms with Gasteiger partial charge in [-0.15, -0.1) is 0 Å². The Hall–Kier alpha value is -3.45. The number of carbonyl (C=O) groups excluding carboxylic acids is 2. The van der Waals surface area contributed by atoms with E-state index in [4.69, 9.17) is 4.74 Å². The average molecular weight is 623 g/mol. The van der Waals surface area contributed by atoms with Crippen molar-refractivity contribution in [2.24, 2.45) is 0 Å². The molecule has 2 aromatic carbocycles. The van der Waals surface area contributed by atoms with Crippen LogP contribution in [0.2, 0.25) is 0 Å². The van der Waals surface area contributed by atoms with E-state index in [0.29, 0.717) is 19.5 Å². The first kappa shape index (κ1) is 26.8. The van der Waals surface area contributed by atoms with Crippen LogP contribution in [0.15, 0.2) is 45.7 Å². The summed E-state index contributed by atoms with van der Waals surface area (Å²) >= 11 is 3.14. The van der Waals surface area contributed by atoms with E-state index in [0.717, 1.165) is 24.6 Å². The van der Waals surface area contributed by atoms with Crippen LogP contribution in [-0.4, -0.2) is 66.1 Å². The summed E-state index contributed by atoms with van der Waals surface area (Å²) in [6, 6.07) is 6.89. The number of fused-ring (bicyclic) bond motifs is 3. The highest BCUT2D eigenvalue weighted by Gasteiger charge is 2.43. The lowest BCUT2D eigenvalue weighted by atomic mass is 9.97. The van der Waals surface area contributed by atoms with E-state index >= 15 is 0 Å². The maximum absolute atomic E-state index is 14.3. The van der Waals surface area contributed by atoms with Crippen molar-refractivity contribution in [2.75, 3.05) is 31.1 Å². The molecule has 2 N–H and O–H groups in total. The summed E-state index contributed by atoms with van der Waals surface area (Å²) in [5, 5.41) is 2.97. The smallest absolute Gasteiger partial charge is 0.371 e. The molecular formula is C27H23BrF4N4O4. The number of alkyl halides is 3. The molecule has 2 amide bonds. The van der Waals surface area contributed by atoms with Crippen molar-refractivity contribution in [3.8, 4) is 0 Å². The number of aromatic amines is 1. The zero-order valence-corrected chi connectivity index (χ0v) is 22.4. The minimum atomic E-state index is -4.74. The lowest BCUT2D eigenvalue weighted by Gasteiger charge is -2.47. The number of piperidine rings is 1. The lowest BCUT2D eigenvalue weighted by molar-refractivity contribution is -0.171. The van der Waals surface area contributed by atoms with Crippen LogP contribution >= 0.6 is 15.9 Å². The Morgan fingerprint density at radius 2 is 1.80 bits per heavy atom. The number of aromatic nitrogens is 1. The van der Waals surface area contributed by atoms with Crippen molar-refractivity contribution in [2.45, 2.75) is 37.3 Å². The molecule has 210 valence electrons. The fourth-order valence-electron chi connectivity index (χ4n) is 5.79. The second-order valence-electron chi connectivity index (χ2n) is 10.3. The van der Waals surface area contributed by atoms with Gasteiger partial charge in [0.1, 0.15) is 5.82 Å². The predicted octanol–water partition coefficient (Wildman–Crippen LogP) is 4.07. The van der Waals surface area contributed by atoms with Gasteiger partial charge in [0.15, 0.2) is 0 Å². The topological polar surface area (TPSA) is 94.7 Å². The number of rotatable bonds is 4. The molecule has 7 rings (SSSR count). The molecule has 40 heavy (non-hydrogen) atoms. The molecule has 0 spiro atoms. The molecule has 4 fully saturated rings. The lowest BCUT2D eigenvalue weighted by Crippen LogP contribution is -2.58. The first-order chi connectivity index (χ1) is 19.0. The summed E-state index contributed by atoms with van der Waals surface area (Å²) in [7, 11) is 0. The summed E-state index contributed by atoms with van der Waals surface area (Å²) < 4.78 is 62.7. The first-order valence-electron chi connectivity index (χ1n) is 12.7. The van der Waals surface area contributed by atoms with Gasteiger partial charge in [0.2, 0.25) is 5.56 Å². The Labute approximate surface area is 233 Å². The fourth-order valence-corrected chi connectivity index (χ4v) is 6.24. The van der Waals surface area contributed by atoms with Gasteiger partial charge in [-0.3, -0.25) is 14.4 Å². The number of nitrogens with zero attached hydrogens (tertiary/aromatic N) is 2. The van der Waals surface area contributed by atoms with E-state index in [9.17, 15) is 31.9 Å². The fraction of sp³-hybridized carbons (Fsp3) is 0.370. The van der Waals surface area contributed by atoms with E-state index in [2.05, 4.69) is 26.2 Å². The number of para-hydroxylation sites is 1. The highest BCUT2D eigenvalue weighted by Crippen LogP contribution is 2.43. The van der Waals surface area contributed by atoms with Crippen LogP contribution in [0.4, 0.5) is 23.2 Å².